The second kappa shape index (κ2) is 14.6. The molecule has 1 saturated carbocycles. The highest BCUT2D eigenvalue weighted by molar-refractivity contribution is 6.07. The Morgan fingerprint density at radius 3 is 2.35 bits per heavy atom. The summed E-state index contributed by atoms with van der Waals surface area (Å²) in [5.41, 5.74) is 3.05. The fourth-order valence-corrected chi connectivity index (χ4v) is 5.96. The topological polar surface area (TPSA) is 109 Å². The third-order valence-electron chi connectivity index (χ3n) is 8.59. The van der Waals surface area contributed by atoms with Crippen molar-refractivity contribution in [3.8, 4) is 11.3 Å². The van der Waals surface area contributed by atoms with Gasteiger partial charge in [0.2, 0.25) is 0 Å². The number of methoxy groups -OCH3 is 1. The van der Waals surface area contributed by atoms with Crippen LogP contribution in [-0.4, -0.2) is 93.0 Å². The minimum Gasteiger partial charge on any atom is -0.444 e. The summed E-state index contributed by atoms with van der Waals surface area (Å²) in [7, 11) is 3.73. The maximum Gasteiger partial charge on any atom is 0.407 e. The van der Waals surface area contributed by atoms with Crippen LogP contribution in [0.2, 0.25) is 0 Å². The lowest BCUT2D eigenvalue weighted by Crippen LogP contribution is -2.44. The highest BCUT2D eigenvalue weighted by Crippen LogP contribution is 2.29. The molecule has 0 bridgehead atoms. The Morgan fingerprint density at radius 2 is 1.67 bits per heavy atom. The van der Waals surface area contributed by atoms with Crippen LogP contribution >= 0.6 is 0 Å². The van der Waals surface area contributed by atoms with Gasteiger partial charge in [0.15, 0.2) is 0 Å². The first kappa shape index (κ1) is 30.7. The Balaban J connectivity index is 1.17. The normalized spacial score (nSPS) is 20.0. The maximum absolute atomic E-state index is 13.5. The van der Waals surface area contributed by atoms with Crippen molar-refractivity contribution < 1.29 is 19.1 Å². The average Bonchev–Trinajstić information content (AvgIpc) is 3.03. The van der Waals surface area contributed by atoms with Crippen LogP contribution in [-0.2, 0) is 9.47 Å². The summed E-state index contributed by atoms with van der Waals surface area (Å²) < 4.78 is 10.3. The predicted molar refractivity (Wildman–Crippen MR) is 168 cm³/mol. The molecule has 43 heavy (non-hydrogen) atoms. The van der Waals surface area contributed by atoms with Gasteiger partial charge in [0.1, 0.15) is 11.9 Å². The summed E-state index contributed by atoms with van der Waals surface area (Å²) in [6, 6.07) is 13.8. The van der Waals surface area contributed by atoms with Gasteiger partial charge in [0.25, 0.3) is 5.91 Å². The molecule has 10 nitrogen and oxygen atoms in total. The molecule has 230 valence electrons. The number of fused-ring (bicyclic) bond motifs is 1. The number of carbonyl (C=O) groups is 2. The van der Waals surface area contributed by atoms with Gasteiger partial charge in [0.05, 0.1) is 23.4 Å². The van der Waals surface area contributed by atoms with Crippen molar-refractivity contribution >= 4 is 28.7 Å². The molecule has 1 saturated heterocycles. The number of hydrogen-bond donors (Lipinski definition) is 2. The summed E-state index contributed by atoms with van der Waals surface area (Å²) in [5.74, 6) is 1.71. The van der Waals surface area contributed by atoms with Crippen molar-refractivity contribution in [3.63, 3.8) is 0 Å². The van der Waals surface area contributed by atoms with E-state index in [9.17, 15) is 9.59 Å². The molecule has 0 radical (unpaired) electrons. The van der Waals surface area contributed by atoms with E-state index in [1.54, 1.807) is 7.11 Å². The highest BCUT2D eigenvalue weighted by atomic mass is 16.6. The number of carbonyl (C=O) groups excluding carboxylic acids is 2. The Morgan fingerprint density at radius 1 is 0.977 bits per heavy atom. The van der Waals surface area contributed by atoms with Gasteiger partial charge >= 0.3 is 6.09 Å². The zero-order valence-electron chi connectivity index (χ0n) is 25.6. The SMILES string of the molecule is COC[C@H](C)OC(=O)NCC1CCC(CNC(=O)c2cc(-c3ccc(N4CCN(C)CC4)nc3)nc3ccccc23)CC1. The van der Waals surface area contributed by atoms with Gasteiger partial charge < -0.3 is 29.9 Å². The Labute approximate surface area is 254 Å². The number of anilines is 1. The van der Waals surface area contributed by atoms with Crippen molar-refractivity contribution in [1.29, 1.82) is 0 Å². The number of amides is 2. The maximum atomic E-state index is 13.5. The number of piperazine rings is 1. The summed E-state index contributed by atoms with van der Waals surface area (Å²) in [6.07, 6.45) is 5.22. The number of ether oxygens (including phenoxy) is 2. The molecular weight excluding hydrogens is 544 g/mol. The van der Waals surface area contributed by atoms with Gasteiger partial charge in [-0.3, -0.25) is 4.79 Å². The third kappa shape index (κ3) is 8.20. The third-order valence-corrected chi connectivity index (χ3v) is 8.59. The van der Waals surface area contributed by atoms with Crippen molar-refractivity contribution in [2.45, 2.75) is 38.7 Å². The number of aromatic nitrogens is 2. The van der Waals surface area contributed by atoms with Gasteiger partial charge in [-0.25, -0.2) is 14.8 Å². The van der Waals surface area contributed by atoms with Gasteiger partial charge in [0, 0.05) is 63.5 Å². The predicted octanol–water partition coefficient (Wildman–Crippen LogP) is 4.35. The lowest BCUT2D eigenvalue weighted by molar-refractivity contribution is 0.0481. The standard InChI is InChI=1S/C33H44N6O4/c1-23(22-42-3)43-33(41)36-20-25-10-8-24(9-11-25)19-35-32(40)28-18-30(37-29-7-5-4-6-27(28)29)26-12-13-31(34-21-26)39-16-14-38(2)15-17-39/h4-7,12-13,18,21,23-25H,8-11,14-17,19-20,22H2,1-3H3,(H,35,40)(H,36,41)/t23-,24?,25?/m0/s1. The van der Waals surface area contributed by atoms with Gasteiger partial charge in [-0.2, -0.15) is 0 Å². The largest absolute Gasteiger partial charge is 0.444 e. The fourth-order valence-electron chi connectivity index (χ4n) is 5.96. The Kier molecular flexibility index (Phi) is 10.4. The number of alkyl carbamates (subject to hydrolysis) is 1. The van der Waals surface area contributed by atoms with Crippen LogP contribution in [0.5, 0.6) is 0 Å². The van der Waals surface area contributed by atoms with E-state index in [0.29, 0.717) is 37.1 Å². The highest BCUT2D eigenvalue weighted by Gasteiger charge is 2.23. The van der Waals surface area contributed by atoms with Crippen LogP contribution in [0.15, 0.2) is 48.7 Å². The molecule has 2 N–H and O–H groups in total. The number of hydrogen-bond acceptors (Lipinski definition) is 8. The molecule has 2 amide bonds. The lowest BCUT2D eigenvalue weighted by Gasteiger charge is -2.33. The van der Waals surface area contributed by atoms with Crippen molar-refractivity contribution in [1.82, 2.24) is 25.5 Å². The molecule has 1 aliphatic carbocycles. The molecule has 3 aromatic rings. The van der Waals surface area contributed by atoms with E-state index >= 15 is 0 Å². The first-order valence-electron chi connectivity index (χ1n) is 15.4. The number of nitrogens with zero attached hydrogens (tertiary/aromatic N) is 4. The molecule has 1 atom stereocenters. The van der Waals surface area contributed by atoms with Crippen LogP contribution < -0.4 is 15.5 Å². The smallest absolute Gasteiger partial charge is 0.407 e. The number of para-hydroxylation sites is 1. The quantitative estimate of drug-likeness (QED) is 0.360. The van der Waals surface area contributed by atoms with E-state index in [1.807, 2.05) is 55.6 Å². The zero-order valence-corrected chi connectivity index (χ0v) is 25.6. The van der Waals surface area contributed by atoms with Crippen LogP contribution in [0.25, 0.3) is 22.2 Å². The summed E-state index contributed by atoms with van der Waals surface area (Å²) in [6.45, 7) is 7.39. The number of benzene rings is 1. The summed E-state index contributed by atoms with van der Waals surface area (Å²) >= 11 is 0. The molecular formula is C33H44N6O4. The van der Waals surface area contributed by atoms with Gasteiger partial charge in [-0.05, 0) is 75.8 Å². The average molecular weight is 589 g/mol. The molecule has 1 aliphatic heterocycles. The Hall–Kier alpha value is -3.76. The van der Waals surface area contributed by atoms with E-state index in [0.717, 1.165) is 79.8 Å². The number of nitrogens with one attached hydrogen (secondary N) is 2. The number of rotatable bonds is 10. The second-order valence-corrected chi connectivity index (χ2v) is 11.9. The van der Waals surface area contributed by atoms with Crippen LogP contribution in [0.3, 0.4) is 0 Å². The summed E-state index contributed by atoms with van der Waals surface area (Å²) in [5, 5.41) is 6.92. The minimum absolute atomic E-state index is 0.0846. The molecule has 1 aromatic carbocycles. The van der Waals surface area contributed by atoms with Crippen molar-refractivity contribution in [3.05, 3.63) is 54.2 Å². The van der Waals surface area contributed by atoms with E-state index in [1.165, 1.54) is 0 Å². The first-order valence-corrected chi connectivity index (χ1v) is 15.4. The summed E-state index contributed by atoms with van der Waals surface area (Å²) in [4.78, 5) is 39.7. The number of likely N-dealkylation sites (N-methyl/N-ethyl adjacent to an activating group) is 1. The molecule has 0 spiro atoms. The van der Waals surface area contributed by atoms with Gasteiger partial charge in [-0.1, -0.05) is 18.2 Å². The molecule has 10 heteroatoms. The fraction of sp³-hybridized carbons (Fsp3) is 0.515. The molecule has 2 aromatic heterocycles. The van der Waals surface area contributed by atoms with Gasteiger partial charge in [-0.15, -0.1) is 0 Å². The zero-order chi connectivity index (χ0) is 30.2. The molecule has 3 heterocycles. The van der Waals surface area contributed by atoms with Crippen LogP contribution in [0, 0.1) is 11.8 Å². The van der Waals surface area contributed by atoms with Crippen LogP contribution in [0.4, 0.5) is 10.6 Å². The van der Waals surface area contributed by atoms with Crippen molar-refractivity contribution in [2.24, 2.45) is 11.8 Å². The molecule has 0 unspecified atom stereocenters. The Bertz CT molecular complexity index is 1370. The van der Waals surface area contributed by atoms with E-state index in [-0.39, 0.29) is 12.0 Å². The monoisotopic (exact) mass is 588 g/mol. The van der Waals surface area contributed by atoms with Crippen molar-refractivity contribution in [2.75, 3.05) is 64.9 Å². The molecule has 5 rings (SSSR count). The van der Waals surface area contributed by atoms with E-state index < -0.39 is 6.09 Å². The lowest BCUT2D eigenvalue weighted by atomic mass is 9.82. The molecule has 2 fully saturated rings. The van der Waals surface area contributed by atoms with E-state index in [2.05, 4.69) is 27.5 Å². The van der Waals surface area contributed by atoms with Crippen LogP contribution in [0.1, 0.15) is 43.0 Å². The number of pyridine rings is 2. The molecule has 2 aliphatic rings. The first-order chi connectivity index (χ1) is 20.9. The second-order valence-electron chi connectivity index (χ2n) is 11.9. The minimum atomic E-state index is -0.398. The van der Waals surface area contributed by atoms with E-state index in [4.69, 9.17) is 19.4 Å².